The van der Waals surface area contributed by atoms with E-state index in [1.807, 2.05) is 6.07 Å². The van der Waals surface area contributed by atoms with Crippen molar-refractivity contribution in [3.63, 3.8) is 0 Å². The number of aromatic nitrogens is 1. The zero-order valence-electron chi connectivity index (χ0n) is 20.0. The molecule has 2 N–H and O–H groups in total. The van der Waals surface area contributed by atoms with Gasteiger partial charge in [0.2, 0.25) is 0 Å². The maximum Gasteiger partial charge on any atom is 0.119 e. The molecule has 3 aromatic carbocycles. The highest BCUT2D eigenvalue weighted by Crippen LogP contribution is 2.52. The number of ether oxygens (including phenoxy) is 1. The van der Waals surface area contributed by atoms with Gasteiger partial charge in [0.25, 0.3) is 0 Å². The minimum Gasteiger partial charge on any atom is -0.497 e. The highest BCUT2D eigenvalue weighted by molar-refractivity contribution is 5.86. The molecule has 4 aromatic rings. The SMILES string of the molecule is COc1cccc([C@@]23CCN(Cc4ccccc4)C[C@@]2(O)Cc2c([nH]c4ccc(C)cc24)C3)c1. The Balaban J connectivity index is 1.46. The third-order valence-corrected chi connectivity index (χ3v) is 8.20. The Bertz CT molecular complexity index is 1340. The van der Waals surface area contributed by atoms with Gasteiger partial charge in [-0.3, -0.25) is 4.90 Å². The molecule has 0 radical (unpaired) electrons. The second-order valence-electron chi connectivity index (χ2n) is 10.3. The summed E-state index contributed by atoms with van der Waals surface area (Å²) < 4.78 is 5.59. The first-order valence-electron chi connectivity index (χ1n) is 12.2. The molecule has 2 aliphatic rings. The Hall–Kier alpha value is -3.08. The summed E-state index contributed by atoms with van der Waals surface area (Å²) in [5.74, 6) is 0.846. The van der Waals surface area contributed by atoms with Crippen molar-refractivity contribution < 1.29 is 9.84 Å². The standard InChI is InChI=1S/C30H32N2O2/c1-21-11-12-27-25(15-21)26-17-30(33)20-32(19-22-7-4-3-5-8-22)14-13-29(30,18-28(26)31-27)23-9-6-10-24(16-23)34-2/h3-12,15-16,31,33H,13-14,17-20H2,1-2H3/t29-,30-/m0/s1. The number of aryl methyl sites for hydroxylation is 1. The van der Waals surface area contributed by atoms with Crippen LogP contribution < -0.4 is 4.74 Å². The number of fused-ring (bicyclic) bond motifs is 4. The molecule has 1 aliphatic carbocycles. The lowest BCUT2D eigenvalue weighted by Gasteiger charge is -2.56. The van der Waals surface area contributed by atoms with Crippen LogP contribution >= 0.6 is 0 Å². The normalized spacial score (nSPS) is 24.6. The number of hydrogen-bond acceptors (Lipinski definition) is 3. The number of hydrogen-bond donors (Lipinski definition) is 2. The van der Waals surface area contributed by atoms with Crippen molar-refractivity contribution in [2.75, 3.05) is 20.2 Å². The van der Waals surface area contributed by atoms with Crippen molar-refractivity contribution in [2.24, 2.45) is 0 Å². The number of piperidine rings is 1. The summed E-state index contributed by atoms with van der Waals surface area (Å²) in [5.41, 5.74) is 6.19. The number of aliphatic hydroxyl groups is 1. The molecule has 1 aromatic heterocycles. The van der Waals surface area contributed by atoms with Gasteiger partial charge < -0.3 is 14.8 Å². The summed E-state index contributed by atoms with van der Waals surface area (Å²) in [6.07, 6.45) is 2.35. The van der Waals surface area contributed by atoms with Crippen LogP contribution in [0.3, 0.4) is 0 Å². The first-order chi connectivity index (χ1) is 16.5. The van der Waals surface area contributed by atoms with Gasteiger partial charge in [-0.2, -0.15) is 0 Å². The molecule has 0 amide bonds. The molecule has 6 rings (SSSR count). The van der Waals surface area contributed by atoms with Gasteiger partial charge in [0.05, 0.1) is 12.7 Å². The first-order valence-corrected chi connectivity index (χ1v) is 12.2. The molecule has 4 heteroatoms. The third-order valence-electron chi connectivity index (χ3n) is 8.20. The van der Waals surface area contributed by atoms with Crippen LogP contribution in [-0.2, 0) is 24.8 Å². The zero-order chi connectivity index (χ0) is 23.3. The number of nitrogens with one attached hydrogen (secondary N) is 1. The average molecular weight is 453 g/mol. The van der Waals surface area contributed by atoms with E-state index in [-0.39, 0.29) is 5.41 Å². The van der Waals surface area contributed by atoms with E-state index < -0.39 is 5.60 Å². The summed E-state index contributed by atoms with van der Waals surface area (Å²) in [4.78, 5) is 6.14. The molecular formula is C30H32N2O2. The second-order valence-corrected chi connectivity index (χ2v) is 10.3. The van der Waals surface area contributed by atoms with Crippen molar-refractivity contribution >= 4 is 10.9 Å². The number of aromatic amines is 1. The van der Waals surface area contributed by atoms with Crippen molar-refractivity contribution in [3.05, 3.63) is 101 Å². The van der Waals surface area contributed by atoms with Crippen LogP contribution in [0.2, 0.25) is 0 Å². The molecule has 174 valence electrons. The number of methoxy groups -OCH3 is 1. The molecule has 1 fully saturated rings. The van der Waals surface area contributed by atoms with E-state index >= 15 is 0 Å². The molecule has 0 spiro atoms. The predicted molar refractivity (Wildman–Crippen MR) is 136 cm³/mol. The lowest BCUT2D eigenvalue weighted by atomic mass is 9.56. The lowest BCUT2D eigenvalue weighted by Crippen LogP contribution is -2.66. The Labute approximate surface area is 201 Å². The highest BCUT2D eigenvalue weighted by Gasteiger charge is 2.57. The van der Waals surface area contributed by atoms with Crippen LogP contribution in [0.25, 0.3) is 10.9 Å². The van der Waals surface area contributed by atoms with Gasteiger partial charge in [-0.05, 0) is 60.8 Å². The van der Waals surface area contributed by atoms with E-state index in [4.69, 9.17) is 4.74 Å². The van der Waals surface area contributed by atoms with Crippen LogP contribution in [0.5, 0.6) is 5.75 Å². The average Bonchev–Trinajstić information content (AvgIpc) is 3.18. The van der Waals surface area contributed by atoms with E-state index in [2.05, 4.69) is 83.5 Å². The van der Waals surface area contributed by atoms with Gasteiger partial charge in [-0.25, -0.2) is 0 Å². The molecule has 2 atom stereocenters. The van der Waals surface area contributed by atoms with E-state index in [9.17, 15) is 5.11 Å². The topological polar surface area (TPSA) is 48.5 Å². The minimum atomic E-state index is -0.877. The lowest BCUT2D eigenvalue weighted by molar-refractivity contribution is -0.105. The fraction of sp³-hybridized carbons (Fsp3) is 0.333. The van der Waals surface area contributed by atoms with Gasteiger partial charge in [-0.1, -0.05) is 54.1 Å². The maximum atomic E-state index is 12.6. The molecule has 1 saturated heterocycles. The third kappa shape index (κ3) is 3.36. The van der Waals surface area contributed by atoms with Crippen LogP contribution in [-0.4, -0.2) is 40.8 Å². The van der Waals surface area contributed by atoms with Crippen LogP contribution in [0.1, 0.15) is 34.4 Å². The van der Waals surface area contributed by atoms with Crippen molar-refractivity contribution in [3.8, 4) is 5.75 Å². The van der Waals surface area contributed by atoms with E-state index in [0.717, 1.165) is 31.7 Å². The molecule has 0 bridgehead atoms. The molecular weight excluding hydrogens is 420 g/mol. The Morgan fingerprint density at radius 1 is 1.00 bits per heavy atom. The molecule has 2 heterocycles. The fourth-order valence-electron chi connectivity index (χ4n) is 6.44. The van der Waals surface area contributed by atoms with Gasteiger partial charge in [0.15, 0.2) is 0 Å². The first kappa shape index (κ1) is 21.5. The van der Waals surface area contributed by atoms with Crippen LogP contribution in [0.15, 0.2) is 72.8 Å². The van der Waals surface area contributed by atoms with Gasteiger partial charge >= 0.3 is 0 Å². The predicted octanol–water partition coefficient (Wildman–Crippen LogP) is 5.16. The number of nitrogens with zero attached hydrogens (tertiary/aromatic N) is 1. The number of β-amino-alcohol motifs (C(OH)–C–C–N with tert-alkyl or cyclic N) is 1. The quantitative estimate of drug-likeness (QED) is 0.450. The summed E-state index contributed by atoms with van der Waals surface area (Å²) in [7, 11) is 1.71. The van der Waals surface area contributed by atoms with Gasteiger partial charge in [0.1, 0.15) is 5.75 Å². The molecule has 0 unspecified atom stereocenters. The fourth-order valence-corrected chi connectivity index (χ4v) is 6.44. The number of H-pyrrole nitrogens is 1. The van der Waals surface area contributed by atoms with Gasteiger partial charge in [-0.15, -0.1) is 0 Å². The summed E-state index contributed by atoms with van der Waals surface area (Å²) in [5, 5.41) is 13.9. The summed E-state index contributed by atoms with van der Waals surface area (Å²) in [6.45, 7) is 4.59. The summed E-state index contributed by atoms with van der Waals surface area (Å²) in [6, 6.07) is 25.6. The second kappa shape index (κ2) is 8.00. The number of rotatable bonds is 4. The molecule has 34 heavy (non-hydrogen) atoms. The summed E-state index contributed by atoms with van der Waals surface area (Å²) >= 11 is 0. The molecule has 4 nitrogen and oxygen atoms in total. The Morgan fingerprint density at radius 2 is 1.85 bits per heavy atom. The maximum absolute atomic E-state index is 12.6. The number of likely N-dealkylation sites (tertiary alicyclic amines) is 1. The minimum absolute atomic E-state index is 0.363. The van der Waals surface area contributed by atoms with Crippen LogP contribution in [0.4, 0.5) is 0 Å². The Kier molecular flexibility index (Phi) is 5.05. The largest absolute Gasteiger partial charge is 0.497 e. The molecule has 0 saturated carbocycles. The smallest absolute Gasteiger partial charge is 0.119 e. The van der Waals surface area contributed by atoms with Crippen molar-refractivity contribution in [1.29, 1.82) is 0 Å². The Morgan fingerprint density at radius 3 is 2.68 bits per heavy atom. The van der Waals surface area contributed by atoms with Crippen molar-refractivity contribution in [1.82, 2.24) is 9.88 Å². The van der Waals surface area contributed by atoms with Gasteiger partial charge in [0, 0.05) is 47.9 Å². The molecule has 1 aliphatic heterocycles. The zero-order valence-corrected chi connectivity index (χ0v) is 20.0. The van der Waals surface area contributed by atoms with E-state index in [0.29, 0.717) is 13.0 Å². The highest BCUT2D eigenvalue weighted by atomic mass is 16.5. The monoisotopic (exact) mass is 452 g/mol. The van der Waals surface area contributed by atoms with Crippen LogP contribution in [0, 0.1) is 6.92 Å². The van der Waals surface area contributed by atoms with E-state index in [1.54, 1.807) is 7.11 Å². The van der Waals surface area contributed by atoms with E-state index in [1.165, 1.54) is 38.9 Å². The van der Waals surface area contributed by atoms with Crippen molar-refractivity contribution in [2.45, 2.75) is 43.7 Å². The number of benzene rings is 3.